The zero-order valence-corrected chi connectivity index (χ0v) is 17.0. The Kier molecular flexibility index (Phi) is 6.15. The number of rotatable bonds is 4. The van der Waals surface area contributed by atoms with Crippen molar-refractivity contribution in [2.24, 2.45) is 0 Å². The number of likely N-dealkylation sites (tertiary alicyclic amines) is 1. The highest BCUT2D eigenvalue weighted by atomic mass is 35.5. The Morgan fingerprint density at radius 2 is 1.89 bits per heavy atom. The highest BCUT2D eigenvalue weighted by molar-refractivity contribution is 6.35. The van der Waals surface area contributed by atoms with Crippen LogP contribution in [-0.4, -0.2) is 45.0 Å². The van der Waals surface area contributed by atoms with Gasteiger partial charge in [0.25, 0.3) is 0 Å². The summed E-state index contributed by atoms with van der Waals surface area (Å²) < 4.78 is 11.0. The van der Waals surface area contributed by atoms with Gasteiger partial charge in [0.1, 0.15) is 5.75 Å². The molecule has 1 atom stereocenters. The zero-order valence-electron chi connectivity index (χ0n) is 15.5. The number of carbonyl (C=O) groups excluding carboxylic acids is 1. The number of hydrogen-bond donors (Lipinski definition) is 0. The highest BCUT2D eigenvalue weighted by Crippen LogP contribution is 2.37. The second-order valence-corrected chi connectivity index (χ2v) is 7.43. The van der Waals surface area contributed by atoms with Crippen molar-refractivity contribution in [3.05, 3.63) is 46.4 Å². The average Bonchev–Trinajstić information content (AvgIpc) is 3.04. The molecule has 0 saturated carbocycles. The molecule has 2 aromatic carbocycles. The third kappa shape index (κ3) is 4.49. The number of halogens is 2. The van der Waals surface area contributed by atoms with E-state index < -0.39 is 6.09 Å². The average molecular weight is 409 g/mol. The van der Waals surface area contributed by atoms with E-state index in [1.54, 1.807) is 38.4 Å². The molecule has 0 spiro atoms. The number of methoxy groups -OCH3 is 1. The van der Waals surface area contributed by atoms with Crippen LogP contribution < -0.4 is 9.64 Å². The molecule has 0 radical (unpaired) electrons. The van der Waals surface area contributed by atoms with E-state index in [0.717, 1.165) is 30.5 Å². The topological polar surface area (TPSA) is 42.0 Å². The molecule has 1 heterocycles. The summed E-state index contributed by atoms with van der Waals surface area (Å²) in [5.41, 5.74) is 2.25. The normalized spacial score (nSPS) is 17.0. The molecular weight excluding hydrogens is 387 g/mol. The molecule has 1 fully saturated rings. The number of nitrogens with zero attached hydrogens (tertiary/aromatic N) is 2. The van der Waals surface area contributed by atoms with Gasteiger partial charge in [0.05, 0.1) is 12.8 Å². The van der Waals surface area contributed by atoms with Crippen LogP contribution in [0.3, 0.4) is 0 Å². The predicted molar refractivity (Wildman–Crippen MR) is 109 cm³/mol. The lowest BCUT2D eigenvalue weighted by Crippen LogP contribution is -2.36. The Balaban J connectivity index is 1.95. The molecule has 1 aliphatic heterocycles. The van der Waals surface area contributed by atoms with Crippen molar-refractivity contribution in [2.45, 2.75) is 19.1 Å². The maximum atomic E-state index is 12.7. The number of carbonyl (C=O) groups is 1. The van der Waals surface area contributed by atoms with E-state index in [-0.39, 0.29) is 6.23 Å². The van der Waals surface area contributed by atoms with E-state index in [2.05, 4.69) is 0 Å². The molecule has 0 N–H and O–H groups in total. The summed E-state index contributed by atoms with van der Waals surface area (Å²) in [6.45, 7) is 0.927. The van der Waals surface area contributed by atoms with Crippen LogP contribution in [0.2, 0.25) is 10.0 Å². The fourth-order valence-corrected chi connectivity index (χ4v) is 3.72. The third-order valence-electron chi connectivity index (χ3n) is 4.70. The van der Waals surface area contributed by atoms with Gasteiger partial charge in [0.2, 0.25) is 0 Å². The quantitative estimate of drug-likeness (QED) is 0.688. The van der Waals surface area contributed by atoms with Gasteiger partial charge in [0.15, 0.2) is 6.23 Å². The van der Waals surface area contributed by atoms with Crippen molar-refractivity contribution < 1.29 is 14.3 Å². The number of hydrogen-bond acceptors (Lipinski definition) is 4. The van der Waals surface area contributed by atoms with E-state index in [9.17, 15) is 4.79 Å². The van der Waals surface area contributed by atoms with E-state index in [4.69, 9.17) is 32.7 Å². The number of ether oxygens (including phenoxy) is 2. The Morgan fingerprint density at radius 1 is 1.19 bits per heavy atom. The summed E-state index contributed by atoms with van der Waals surface area (Å²) in [7, 11) is 5.24. The van der Waals surface area contributed by atoms with Crippen LogP contribution >= 0.6 is 23.2 Å². The summed E-state index contributed by atoms with van der Waals surface area (Å²) in [6, 6.07) is 10.7. The second kappa shape index (κ2) is 8.38. The van der Waals surface area contributed by atoms with Gasteiger partial charge in [-0.05, 0) is 61.9 Å². The minimum absolute atomic E-state index is 0.192. The molecule has 7 heteroatoms. The van der Waals surface area contributed by atoms with E-state index in [1.807, 2.05) is 24.1 Å². The van der Waals surface area contributed by atoms with Crippen LogP contribution in [-0.2, 0) is 4.74 Å². The first kappa shape index (κ1) is 19.8. The highest BCUT2D eigenvalue weighted by Gasteiger charge is 2.27. The molecule has 2 aromatic rings. The smallest absolute Gasteiger partial charge is 0.415 e. The minimum Gasteiger partial charge on any atom is -0.497 e. The van der Waals surface area contributed by atoms with Crippen molar-refractivity contribution in [2.75, 3.05) is 32.6 Å². The lowest BCUT2D eigenvalue weighted by Gasteiger charge is -2.25. The Labute approximate surface area is 169 Å². The summed E-state index contributed by atoms with van der Waals surface area (Å²) in [5.74, 6) is 0.669. The predicted octanol–water partition coefficient (Wildman–Crippen LogP) is 5.29. The van der Waals surface area contributed by atoms with Crippen LogP contribution in [0.1, 0.15) is 12.8 Å². The van der Waals surface area contributed by atoms with Gasteiger partial charge in [-0.1, -0.05) is 23.2 Å². The molecule has 1 aliphatic rings. The SMILES string of the molecule is COc1ccc(N(C)C(=O)O[C@H]2CCCN2C)c(-c2cc(Cl)cc(Cl)c2)c1. The van der Waals surface area contributed by atoms with Gasteiger partial charge in [-0.3, -0.25) is 9.80 Å². The zero-order chi connectivity index (χ0) is 19.6. The molecule has 1 amide bonds. The lowest BCUT2D eigenvalue weighted by atomic mass is 10.0. The fraction of sp³-hybridized carbons (Fsp3) is 0.350. The first-order chi connectivity index (χ1) is 12.9. The maximum Gasteiger partial charge on any atom is 0.415 e. The summed E-state index contributed by atoms with van der Waals surface area (Å²) in [6.07, 6.45) is 1.26. The van der Waals surface area contributed by atoms with E-state index in [0.29, 0.717) is 21.5 Å². The van der Waals surface area contributed by atoms with E-state index in [1.165, 1.54) is 4.90 Å². The first-order valence-electron chi connectivity index (χ1n) is 8.68. The molecule has 3 rings (SSSR count). The summed E-state index contributed by atoms with van der Waals surface area (Å²) in [5, 5.41) is 1.04. The third-order valence-corrected chi connectivity index (χ3v) is 5.14. The van der Waals surface area contributed by atoms with Crippen LogP contribution in [0.4, 0.5) is 10.5 Å². The van der Waals surface area contributed by atoms with Crippen molar-refractivity contribution in [3.8, 4) is 16.9 Å². The van der Waals surface area contributed by atoms with Crippen LogP contribution in [0.5, 0.6) is 5.75 Å². The van der Waals surface area contributed by atoms with Crippen LogP contribution in [0.25, 0.3) is 11.1 Å². The van der Waals surface area contributed by atoms with Gasteiger partial charge >= 0.3 is 6.09 Å². The molecule has 5 nitrogen and oxygen atoms in total. The van der Waals surface area contributed by atoms with Crippen LogP contribution in [0.15, 0.2) is 36.4 Å². The van der Waals surface area contributed by atoms with Gasteiger partial charge in [0, 0.05) is 29.2 Å². The number of benzene rings is 2. The Bertz CT molecular complexity index is 824. The molecule has 0 bridgehead atoms. The first-order valence-corrected chi connectivity index (χ1v) is 9.43. The molecular formula is C20H22Cl2N2O3. The second-order valence-electron chi connectivity index (χ2n) is 6.56. The minimum atomic E-state index is -0.409. The summed E-state index contributed by atoms with van der Waals surface area (Å²) in [4.78, 5) is 16.2. The Hall–Kier alpha value is -1.95. The van der Waals surface area contributed by atoms with Crippen molar-refractivity contribution in [1.82, 2.24) is 4.90 Å². The number of amides is 1. The monoisotopic (exact) mass is 408 g/mol. The molecule has 1 saturated heterocycles. The van der Waals surface area contributed by atoms with Gasteiger partial charge in [-0.25, -0.2) is 4.79 Å². The van der Waals surface area contributed by atoms with Crippen LogP contribution in [0, 0.1) is 0 Å². The van der Waals surface area contributed by atoms with Crippen molar-refractivity contribution in [1.29, 1.82) is 0 Å². The molecule has 0 unspecified atom stereocenters. The standard InChI is InChI=1S/C20H22Cl2N2O3/c1-23-8-4-5-19(23)27-20(25)24(2)18-7-6-16(26-3)12-17(18)13-9-14(21)11-15(22)10-13/h6-7,9-12,19H,4-5,8H2,1-3H3/t19-/m0/s1. The van der Waals surface area contributed by atoms with E-state index >= 15 is 0 Å². The molecule has 0 aliphatic carbocycles. The molecule has 27 heavy (non-hydrogen) atoms. The summed E-state index contributed by atoms with van der Waals surface area (Å²) >= 11 is 12.3. The fourth-order valence-electron chi connectivity index (χ4n) is 3.20. The lowest BCUT2D eigenvalue weighted by molar-refractivity contribution is 0.0315. The molecule has 144 valence electrons. The van der Waals surface area contributed by atoms with Crippen molar-refractivity contribution in [3.63, 3.8) is 0 Å². The van der Waals surface area contributed by atoms with Crippen molar-refractivity contribution >= 4 is 35.0 Å². The number of anilines is 1. The van der Waals surface area contributed by atoms with Gasteiger partial charge < -0.3 is 9.47 Å². The largest absolute Gasteiger partial charge is 0.497 e. The van der Waals surface area contributed by atoms with Gasteiger partial charge in [-0.15, -0.1) is 0 Å². The maximum absolute atomic E-state index is 12.7. The Morgan fingerprint density at radius 3 is 2.48 bits per heavy atom. The van der Waals surface area contributed by atoms with Gasteiger partial charge in [-0.2, -0.15) is 0 Å². The molecule has 0 aromatic heterocycles.